The zero-order valence-corrected chi connectivity index (χ0v) is 11.3. The first-order valence-electron chi connectivity index (χ1n) is 5.97. The third kappa shape index (κ3) is 3.07. The van der Waals surface area contributed by atoms with Gasteiger partial charge >= 0.3 is 5.97 Å². The van der Waals surface area contributed by atoms with E-state index in [0.29, 0.717) is 0 Å². The molecule has 0 saturated heterocycles. The highest BCUT2D eigenvalue weighted by molar-refractivity contribution is 6.01. The second-order valence-electron chi connectivity index (χ2n) is 5.50. The minimum atomic E-state index is -1.35. The normalized spacial score (nSPS) is 23.8. The van der Waals surface area contributed by atoms with Gasteiger partial charge in [-0.05, 0) is 23.1 Å². The van der Waals surface area contributed by atoms with Crippen LogP contribution in [0, 0.1) is 5.41 Å². The number of aliphatic hydroxyl groups excluding tert-OH is 1. The molecule has 0 bridgehead atoms. The molecule has 1 atom stereocenters. The first kappa shape index (κ1) is 14.6. The fraction of sp³-hybridized carbons (Fsp3) is 0.571. The van der Waals surface area contributed by atoms with Gasteiger partial charge < -0.3 is 9.84 Å². The van der Waals surface area contributed by atoms with E-state index in [1.165, 1.54) is 13.0 Å². The molecule has 0 aromatic carbocycles. The third-order valence-electron chi connectivity index (χ3n) is 2.90. The maximum absolute atomic E-state index is 12.0. The summed E-state index contributed by atoms with van der Waals surface area (Å²) in [6.07, 6.45) is 4.89. The number of carbonyl (C=O) groups excluding carboxylic acids is 2. The molecule has 4 heteroatoms. The predicted molar refractivity (Wildman–Crippen MR) is 67.9 cm³/mol. The lowest BCUT2D eigenvalue weighted by Gasteiger charge is -2.33. The number of allylic oxidation sites excluding steroid dienone is 2. The molecular weight excluding hydrogens is 232 g/mol. The first-order chi connectivity index (χ1) is 8.21. The van der Waals surface area contributed by atoms with Crippen molar-refractivity contribution in [3.63, 3.8) is 0 Å². The lowest BCUT2D eigenvalue weighted by molar-refractivity contribution is -0.160. The Bertz CT molecular complexity index is 412. The Labute approximate surface area is 107 Å². The van der Waals surface area contributed by atoms with Gasteiger partial charge in [0, 0.05) is 20.0 Å². The SMILES string of the molecule is CC(=O)OC1(CCO)C=C(C(C)(C)C)C=CC1=O. The molecule has 0 fully saturated rings. The summed E-state index contributed by atoms with van der Waals surface area (Å²) in [6, 6.07) is 0. The van der Waals surface area contributed by atoms with Gasteiger partial charge in [-0.2, -0.15) is 0 Å². The molecule has 18 heavy (non-hydrogen) atoms. The van der Waals surface area contributed by atoms with Gasteiger partial charge in [-0.25, -0.2) is 0 Å². The van der Waals surface area contributed by atoms with Crippen molar-refractivity contribution in [3.05, 3.63) is 23.8 Å². The number of hydrogen-bond acceptors (Lipinski definition) is 4. The number of ketones is 1. The number of esters is 1. The molecule has 0 aromatic rings. The highest BCUT2D eigenvalue weighted by atomic mass is 16.6. The minimum absolute atomic E-state index is 0.0787. The second kappa shape index (κ2) is 5.06. The van der Waals surface area contributed by atoms with Crippen LogP contribution < -0.4 is 0 Å². The molecule has 1 rings (SSSR count). The van der Waals surface area contributed by atoms with E-state index >= 15 is 0 Å². The van der Waals surface area contributed by atoms with Crippen LogP contribution in [0.2, 0.25) is 0 Å². The maximum atomic E-state index is 12.0. The van der Waals surface area contributed by atoms with Gasteiger partial charge in [0.05, 0.1) is 0 Å². The zero-order chi connectivity index (χ0) is 14.0. The summed E-state index contributed by atoms with van der Waals surface area (Å²) in [7, 11) is 0. The standard InChI is InChI=1S/C14H20O4/c1-10(16)18-14(7-8-15)9-11(13(2,3)4)5-6-12(14)17/h5-6,9,15H,7-8H2,1-4H3. The summed E-state index contributed by atoms with van der Waals surface area (Å²) in [5.74, 6) is -0.837. The lowest BCUT2D eigenvalue weighted by Crippen LogP contribution is -2.43. The Hall–Kier alpha value is -1.42. The highest BCUT2D eigenvalue weighted by Gasteiger charge is 2.41. The van der Waals surface area contributed by atoms with Gasteiger partial charge in [0.15, 0.2) is 5.60 Å². The largest absolute Gasteiger partial charge is 0.446 e. The Kier molecular flexibility index (Phi) is 4.12. The molecule has 0 aliphatic heterocycles. The highest BCUT2D eigenvalue weighted by Crippen LogP contribution is 2.34. The number of hydrogen-bond donors (Lipinski definition) is 1. The van der Waals surface area contributed by atoms with Crippen molar-refractivity contribution < 1.29 is 19.4 Å². The predicted octanol–water partition coefficient (Wildman–Crippen LogP) is 1.78. The van der Waals surface area contributed by atoms with Crippen LogP contribution in [0.15, 0.2) is 23.8 Å². The van der Waals surface area contributed by atoms with Crippen molar-refractivity contribution in [2.24, 2.45) is 5.41 Å². The summed E-state index contributed by atoms with van der Waals surface area (Å²) in [5.41, 5.74) is -0.590. The maximum Gasteiger partial charge on any atom is 0.303 e. The summed E-state index contributed by atoms with van der Waals surface area (Å²) >= 11 is 0. The summed E-state index contributed by atoms with van der Waals surface area (Å²) < 4.78 is 5.18. The molecule has 0 spiro atoms. The van der Waals surface area contributed by atoms with Crippen LogP contribution in [0.3, 0.4) is 0 Å². The van der Waals surface area contributed by atoms with Crippen molar-refractivity contribution in [2.45, 2.75) is 39.7 Å². The summed E-state index contributed by atoms with van der Waals surface area (Å²) in [4.78, 5) is 23.2. The van der Waals surface area contributed by atoms with Crippen molar-refractivity contribution in [1.29, 1.82) is 0 Å². The Morgan fingerprint density at radius 3 is 2.44 bits per heavy atom. The smallest absolute Gasteiger partial charge is 0.303 e. The molecule has 1 aliphatic rings. The molecule has 0 amide bonds. The quantitative estimate of drug-likeness (QED) is 0.778. The summed E-state index contributed by atoms with van der Waals surface area (Å²) in [6.45, 7) is 7.07. The molecule has 0 aromatic heterocycles. The van der Waals surface area contributed by atoms with E-state index in [-0.39, 0.29) is 24.2 Å². The summed E-state index contributed by atoms with van der Waals surface area (Å²) in [5, 5.41) is 9.11. The van der Waals surface area contributed by atoms with E-state index < -0.39 is 11.6 Å². The van der Waals surface area contributed by atoms with E-state index in [1.807, 2.05) is 20.8 Å². The number of ether oxygens (including phenoxy) is 1. The molecule has 100 valence electrons. The van der Waals surface area contributed by atoms with Gasteiger partial charge in [-0.15, -0.1) is 0 Å². The van der Waals surface area contributed by atoms with Crippen molar-refractivity contribution in [3.8, 4) is 0 Å². The van der Waals surface area contributed by atoms with Crippen LogP contribution in [-0.2, 0) is 14.3 Å². The Morgan fingerprint density at radius 2 is 2.00 bits per heavy atom. The van der Waals surface area contributed by atoms with Crippen molar-refractivity contribution in [1.82, 2.24) is 0 Å². The average Bonchev–Trinajstić information content (AvgIpc) is 2.20. The van der Waals surface area contributed by atoms with Crippen LogP contribution in [0.1, 0.15) is 34.1 Å². The number of rotatable bonds is 3. The van der Waals surface area contributed by atoms with E-state index in [1.54, 1.807) is 12.2 Å². The van der Waals surface area contributed by atoms with E-state index in [0.717, 1.165) is 5.57 Å². The van der Waals surface area contributed by atoms with Crippen LogP contribution in [0.25, 0.3) is 0 Å². The molecule has 0 radical (unpaired) electrons. The van der Waals surface area contributed by atoms with Crippen LogP contribution in [-0.4, -0.2) is 29.1 Å². The van der Waals surface area contributed by atoms with Crippen molar-refractivity contribution in [2.75, 3.05) is 6.61 Å². The molecule has 4 nitrogen and oxygen atoms in total. The van der Waals surface area contributed by atoms with Crippen LogP contribution in [0.5, 0.6) is 0 Å². The molecule has 1 N–H and O–H groups in total. The number of aliphatic hydroxyl groups is 1. The molecule has 0 heterocycles. The van der Waals surface area contributed by atoms with Crippen molar-refractivity contribution >= 4 is 11.8 Å². The Morgan fingerprint density at radius 1 is 1.39 bits per heavy atom. The monoisotopic (exact) mass is 252 g/mol. The minimum Gasteiger partial charge on any atom is -0.446 e. The molecule has 0 saturated carbocycles. The molecular formula is C14H20O4. The fourth-order valence-corrected chi connectivity index (χ4v) is 1.89. The van der Waals surface area contributed by atoms with Gasteiger partial charge in [0.25, 0.3) is 0 Å². The van der Waals surface area contributed by atoms with Gasteiger partial charge in [-0.1, -0.05) is 26.8 Å². The fourth-order valence-electron chi connectivity index (χ4n) is 1.89. The molecule has 1 aliphatic carbocycles. The second-order valence-corrected chi connectivity index (χ2v) is 5.50. The molecule has 1 unspecified atom stereocenters. The van der Waals surface area contributed by atoms with Crippen LogP contribution >= 0.6 is 0 Å². The third-order valence-corrected chi connectivity index (χ3v) is 2.90. The van der Waals surface area contributed by atoms with E-state index in [2.05, 4.69) is 0 Å². The van der Waals surface area contributed by atoms with Crippen LogP contribution in [0.4, 0.5) is 0 Å². The van der Waals surface area contributed by atoms with E-state index in [4.69, 9.17) is 9.84 Å². The van der Waals surface area contributed by atoms with Gasteiger partial charge in [0.2, 0.25) is 5.78 Å². The zero-order valence-electron chi connectivity index (χ0n) is 11.3. The lowest BCUT2D eigenvalue weighted by atomic mass is 9.78. The van der Waals surface area contributed by atoms with E-state index in [9.17, 15) is 9.59 Å². The van der Waals surface area contributed by atoms with Gasteiger partial charge in [0.1, 0.15) is 0 Å². The topological polar surface area (TPSA) is 63.6 Å². The average molecular weight is 252 g/mol. The first-order valence-corrected chi connectivity index (χ1v) is 5.97. The van der Waals surface area contributed by atoms with Gasteiger partial charge in [-0.3, -0.25) is 9.59 Å². The Balaban J connectivity index is 3.21. The number of carbonyl (C=O) groups is 2.